The maximum absolute atomic E-state index is 12.3. The second-order valence-electron chi connectivity index (χ2n) is 5.52. The van der Waals surface area contributed by atoms with Crippen molar-refractivity contribution in [3.63, 3.8) is 0 Å². The minimum atomic E-state index is -4.77. The van der Waals surface area contributed by atoms with Crippen molar-refractivity contribution in [1.29, 1.82) is 0 Å². The van der Waals surface area contributed by atoms with Gasteiger partial charge < -0.3 is 20.3 Å². The van der Waals surface area contributed by atoms with Crippen molar-refractivity contribution in [2.75, 3.05) is 0 Å². The van der Waals surface area contributed by atoms with E-state index in [1.807, 2.05) is 0 Å². The Hall–Kier alpha value is -1.78. The predicted molar refractivity (Wildman–Crippen MR) is 98.6 cm³/mol. The summed E-state index contributed by atoms with van der Waals surface area (Å²) < 4.78 is 47.5. The molecule has 1 atom stereocenters. The molecule has 0 aliphatic carbocycles. The molecule has 146 valence electrons. The van der Waals surface area contributed by atoms with E-state index in [1.165, 1.54) is 18.2 Å². The number of carboxylic acids is 1. The molecule has 2 rings (SSSR count). The summed E-state index contributed by atoms with van der Waals surface area (Å²) in [5.41, 5.74) is 6.68. The summed E-state index contributed by atoms with van der Waals surface area (Å²) in [4.78, 5) is 10.9. The smallest absolute Gasteiger partial charge is 0.487 e. The predicted octanol–water partition coefficient (Wildman–Crippen LogP) is 4.64. The van der Waals surface area contributed by atoms with E-state index in [-0.39, 0.29) is 18.8 Å². The zero-order valence-electron chi connectivity index (χ0n) is 13.6. The van der Waals surface area contributed by atoms with Crippen molar-refractivity contribution in [2.45, 2.75) is 25.4 Å². The van der Waals surface area contributed by atoms with Gasteiger partial charge in [-0.3, -0.25) is 4.79 Å². The first-order chi connectivity index (χ1) is 12.5. The SMILES string of the molecule is NC(Cc1cc(Br)c(OCc2cccc(OC(F)(F)F)c2)c(Br)c1)C(=O)O. The highest BCUT2D eigenvalue weighted by molar-refractivity contribution is 9.11. The number of aliphatic carboxylic acids is 1. The van der Waals surface area contributed by atoms with Gasteiger partial charge in [0.2, 0.25) is 0 Å². The number of hydrogen-bond acceptors (Lipinski definition) is 4. The van der Waals surface area contributed by atoms with Crippen molar-refractivity contribution < 1.29 is 32.5 Å². The first-order valence-electron chi connectivity index (χ1n) is 7.49. The van der Waals surface area contributed by atoms with Crippen LogP contribution in [0.2, 0.25) is 0 Å². The molecule has 0 saturated carbocycles. The standard InChI is InChI=1S/C17H14Br2F3NO4/c18-12-5-10(7-14(23)16(24)25)6-13(19)15(12)26-8-9-2-1-3-11(4-9)27-17(20,21)22/h1-6,14H,7-8,23H2,(H,24,25). The summed E-state index contributed by atoms with van der Waals surface area (Å²) in [5, 5.41) is 8.89. The van der Waals surface area contributed by atoms with E-state index in [4.69, 9.17) is 15.6 Å². The first kappa shape index (κ1) is 21.5. The van der Waals surface area contributed by atoms with Gasteiger partial charge in [0.05, 0.1) is 8.95 Å². The van der Waals surface area contributed by atoms with Gasteiger partial charge >= 0.3 is 12.3 Å². The molecule has 0 radical (unpaired) electrons. The van der Waals surface area contributed by atoms with Crippen LogP contribution in [-0.2, 0) is 17.8 Å². The fraction of sp³-hybridized carbons (Fsp3) is 0.235. The Morgan fingerprint density at radius 1 is 1.15 bits per heavy atom. The van der Waals surface area contributed by atoms with E-state index in [9.17, 15) is 18.0 Å². The average molecular weight is 513 g/mol. The lowest BCUT2D eigenvalue weighted by atomic mass is 10.1. The zero-order chi connectivity index (χ0) is 20.2. The fourth-order valence-corrected chi connectivity index (χ4v) is 3.71. The van der Waals surface area contributed by atoms with E-state index < -0.39 is 18.4 Å². The molecule has 10 heteroatoms. The average Bonchev–Trinajstić information content (AvgIpc) is 2.52. The third-order valence-corrected chi connectivity index (χ3v) is 4.52. The Morgan fingerprint density at radius 2 is 1.78 bits per heavy atom. The van der Waals surface area contributed by atoms with Crippen LogP contribution in [0.3, 0.4) is 0 Å². The van der Waals surface area contributed by atoms with Gasteiger partial charge in [-0.1, -0.05) is 12.1 Å². The summed E-state index contributed by atoms with van der Waals surface area (Å²) in [5.74, 6) is -1.02. The van der Waals surface area contributed by atoms with Gasteiger partial charge in [0.1, 0.15) is 24.1 Å². The van der Waals surface area contributed by atoms with Crippen LogP contribution in [0, 0.1) is 0 Å². The molecule has 27 heavy (non-hydrogen) atoms. The van der Waals surface area contributed by atoms with E-state index in [1.54, 1.807) is 18.2 Å². The van der Waals surface area contributed by atoms with Crippen molar-refractivity contribution in [2.24, 2.45) is 5.73 Å². The molecular weight excluding hydrogens is 499 g/mol. The van der Waals surface area contributed by atoms with Gasteiger partial charge in [0.25, 0.3) is 0 Å². The quantitative estimate of drug-likeness (QED) is 0.564. The topological polar surface area (TPSA) is 81.8 Å². The van der Waals surface area contributed by atoms with Gasteiger partial charge in [-0.05, 0) is 73.7 Å². The first-order valence-corrected chi connectivity index (χ1v) is 9.07. The van der Waals surface area contributed by atoms with Crippen molar-refractivity contribution in [3.8, 4) is 11.5 Å². The number of rotatable bonds is 7. The maximum atomic E-state index is 12.3. The summed E-state index contributed by atoms with van der Waals surface area (Å²) >= 11 is 6.67. The monoisotopic (exact) mass is 511 g/mol. The molecular formula is C17H14Br2F3NO4. The minimum absolute atomic E-state index is 0.000242. The van der Waals surface area contributed by atoms with Crippen LogP contribution in [-0.4, -0.2) is 23.5 Å². The normalized spacial score (nSPS) is 12.5. The van der Waals surface area contributed by atoms with Gasteiger partial charge in [0.15, 0.2) is 0 Å². The number of carboxylic acid groups (broad SMARTS) is 1. The minimum Gasteiger partial charge on any atom is -0.487 e. The maximum Gasteiger partial charge on any atom is 0.573 e. The van der Waals surface area contributed by atoms with Gasteiger partial charge in [-0.15, -0.1) is 13.2 Å². The molecule has 0 amide bonds. The van der Waals surface area contributed by atoms with Crippen LogP contribution in [0.4, 0.5) is 13.2 Å². The number of halogens is 5. The van der Waals surface area contributed by atoms with E-state index in [0.29, 0.717) is 25.8 Å². The molecule has 0 aliphatic heterocycles. The van der Waals surface area contributed by atoms with Gasteiger partial charge in [0, 0.05) is 0 Å². The Balaban J connectivity index is 2.10. The molecule has 3 N–H and O–H groups in total. The second-order valence-corrected chi connectivity index (χ2v) is 7.23. The van der Waals surface area contributed by atoms with E-state index in [2.05, 4.69) is 36.6 Å². The number of hydrogen-bond donors (Lipinski definition) is 2. The highest BCUT2D eigenvalue weighted by Crippen LogP contribution is 2.36. The van der Waals surface area contributed by atoms with Crippen LogP contribution in [0.1, 0.15) is 11.1 Å². The van der Waals surface area contributed by atoms with Crippen molar-refractivity contribution >= 4 is 37.8 Å². The third-order valence-electron chi connectivity index (χ3n) is 3.35. The number of alkyl halides is 3. The largest absolute Gasteiger partial charge is 0.573 e. The summed E-state index contributed by atoms with van der Waals surface area (Å²) in [6, 6.07) is 7.77. The lowest BCUT2D eigenvalue weighted by molar-refractivity contribution is -0.274. The van der Waals surface area contributed by atoms with Crippen LogP contribution in [0.25, 0.3) is 0 Å². The second kappa shape index (κ2) is 8.94. The molecule has 2 aromatic rings. The molecule has 0 spiro atoms. The number of ether oxygens (including phenoxy) is 2. The summed E-state index contributed by atoms with van der Waals surface area (Å²) in [6.45, 7) is 0.000242. The Labute approximate surface area is 169 Å². The molecule has 0 aliphatic rings. The highest BCUT2D eigenvalue weighted by Gasteiger charge is 2.31. The molecule has 1 unspecified atom stereocenters. The number of nitrogens with two attached hydrogens (primary N) is 1. The Bertz CT molecular complexity index is 807. The Kier molecular flexibility index (Phi) is 7.12. The van der Waals surface area contributed by atoms with Gasteiger partial charge in [-0.25, -0.2) is 0 Å². The lowest BCUT2D eigenvalue weighted by Gasteiger charge is -2.14. The third kappa shape index (κ3) is 6.71. The van der Waals surface area contributed by atoms with Crippen LogP contribution >= 0.6 is 31.9 Å². The van der Waals surface area contributed by atoms with Crippen LogP contribution < -0.4 is 15.2 Å². The van der Waals surface area contributed by atoms with Crippen LogP contribution in [0.15, 0.2) is 45.3 Å². The highest BCUT2D eigenvalue weighted by atomic mass is 79.9. The van der Waals surface area contributed by atoms with Crippen molar-refractivity contribution in [1.82, 2.24) is 0 Å². The van der Waals surface area contributed by atoms with Crippen molar-refractivity contribution in [3.05, 3.63) is 56.5 Å². The molecule has 0 heterocycles. The van der Waals surface area contributed by atoms with Crippen LogP contribution in [0.5, 0.6) is 11.5 Å². The lowest BCUT2D eigenvalue weighted by Crippen LogP contribution is -2.32. The number of carbonyl (C=O) groups is 1. The van der Waals surface area contributed by atoms with E-state index in [0.717, 1.165) is 0 Å². The van der Waals surface area contributed by atoms with E-state index >= 15 is 0 Å². The summed E-state index contributed by atoms with van der Waals surface area (Å²) in [7, 11) is 0. The Morgan fingerprint density at radius 3 is 2.33 bits per heavy atom. The zero-order valence-corrected chi connectivity index (χ0v) is 16.8. The molecule has 0 fully saturated rings. The number of benzene rings is 2. The molecule has 0 bridgehead atoms. The summed E-state index contributed by atoms with van der Waals surface area (Å²) in [6.07, 6.45) is -4.64. The molecule has 0 aromatic heterocycles. The molecule has 2 aromatic carbocycles. The van der Waals surface area contributed by atoms with Gasteiger partial charge in [-0.2, -0.15) is 0 Å². The molecule has 0 saturated heterocycles. The fourth-order valence-electron chi connectivity index (χ4n) is 2.20. The molecule has 5 nitrogen and oxygen atoms in total.